The van der Waals surface area contributed by atoms with Crippen molar-refractivity contribution < 1.29 is 0 Å². The summed E-state index contributed by atoms with van der Waals surface area (Å²) in [7, 11) is 1.98. The second-order valence-electron chi connectivity index (χ2n) is 6.81. The lowest BCUT2D eigenvalue weighted by Crippen LogP contribution is -2.15. The van der Waals surface area contributed by atoms with Crippen LogP contribution in [0.1, 0.15) is 32.2 Å². The van der Waals surface area contributed by atoms with E-state index >= 15 is 0 Å². The average molecular weight is 339 g/mol. The summed E-state index contributed by atoms with van der Waals surface area (Å²) in [5, 5.41) is 10.4. The third kappa shape index (κ3) is 3.48. The minimum absolute atomic E-state index is 0.0802. The Bertz CT molecular complexity index is 864. The Kier molecular flexibility index (Phi) is 4.41. The molecular weight excluding hydrogens is 318 g/mol. The zero-order valence-corrected chi connectivity index (χ0v) is 15.4. The van der Waals surface area contributed by atoms with Gasteiger partial charge in [-0.15, -0.1) is 10.2 Å². The molecule has 0 saturated heterocycles. The summed E-state index contributed by atoms with van der Waals surface area (Å²) >= 11 is 1.50. The van der Waals surface area contributed by atoms with Crippen LogP contribution < -0.4 is 0 Å². The third-order valence-electron chi connectivity index (χ3n) is 3.61. The van der Waals surface area contributed by atoms with Crippen molar-refractivity contribution in [3.63, 3.8) is 0 Å². The lowest BCUT2D eigenvalue weighted by molar-refractivity contribution is 0.538. The molecule has 0 N–H and O–H groups in total. The topological polar surface area (TPSA) is 56.5 Å². The molecule has 0 spiro atoms. The number of aryl methyl sites for hydroxylation is 1. The minimum Gasteiger partial charge on any atom is -0.305 e. The molecule has 2 aromatic heterocycles. The number of benzene rings is 1. The van der Waals surface area contributed by atoms with Crippen LogP contribution in [0.5, 0.6) is 0 Å². The number of hydrogen-bond donors (Lipinski definition) is 0. The molecule has 0 aliphatic rings. The van der Waals surface area contributed by atoms with Crippen molar-refractivity contribution in [2.45, 2.75) is 43.3 Å². The van der Waals surface area contributed by atoms with Crippen LogP contribution in [0.25, 0.3) is 11.4 Å². The molecular formula is C18H21N5S. The molecule has 0 amide bonds. The van der Waals surface area contributed by atoms with Gasteiger partial charge >= 0.3 is 0 Å². The summed E-state index contributed by atoms with van der Waals surface area (Å²) in [4.78, 5) is 9.02. The van der Waals surface area contributed by atoms with Crippen molar-refractivity contribution >= 4 is 11.8 Å². The SMILES string of the molecule is Cc1cccc(-c2nnc(Sc3ccnc(C(C)(C)C)n3)n2C)c1. The molecule has 24 heavy (non-hydrogen) atoms. The fourth-order valence-corrected chi connectivity index (χ4v) is 3.05. The monoisotopic (exact) mass is 339 g/mol. The Morgan fingerprint density at radius 1 is 1.08 bits per heavy atom. The highest BCUT2D eigenvalue weighted by Gasteiger charge is 2.19. The first-order valence-electron chi connectivity index (χ1n) is 7.82. The number of hydrogen-bond acceptors (Lipinski definition) is 5. The molecule has 2 heterocycles. The van der Waals surface area contributed by atoms with Gasteiger partial charge in [0.05, 0.1) is 0 Å². The number of rotatable bonds is 3. The van der Waals surface area contributed by atoms with Gasteiger partial charge < -0.3 is 4.57 Å². The highest BCUT2D eigenvalue weighted by molar-refractivity contribution is 7.99. The Morgan fingerprint density at radius 2 is 1.88 bits per heavy atom. The van der Waals surface area contributed by atoms with Crippen molar-refractivity contribution in [2.75, 3.05) is 0 Å². The van der Waals surface area contributed by atoms with Gasteiger partial charge in [0.2, 0.25) is 0 Å². The Morgan fingerprint density at radius 3 is 2.58 bits per heavy atom. The number of aromatic nitrogens is 5. The molecule has 124 valence electrons. The van der Waals surface area contributed by atoms with Gasteiger partial charge in [-0.25, -0.2) is 9.97 Å². The van der Waals surface area contributed by atoms with E-state index in [0.717, 1.165) is 27.4 Å². The highest BCUT2D eigenvalue weighted by Crippen LogP contribution is 2.29. The maximum Gasteiger partial charge on any atom is 0.197 e. The number of nitrogens with zero attached hydrogens (tertiary/aromatic N) is 5. The van der Waals surface area contributed by atoms with E-state index < -0.39 is 0 Å². The zero-order chi connectivity index (χ0) is 17.3. The molecule has 0 aliphatic heterocycles. The van der Waals surface area contributed by atoms with Gasteiger partial charge in [0, 0.05) is 24.2 Å². The van der Waals surface area contributed by atoms with Crippen molar-refractivity contribution in [1.29, 1.82) is 0 Å². The standard InChI is InChI=1S/C18H21N5S/c1-12-7-6-8-13(11-12)15-21-22-17(23(15)5)24-14-9-10-19-16(20-14)18(2,3)4/h6-11H,1-5H3. The van der Waals surface area contributed by atoms with Crippen LogP contribution >= 0.6 is 11.8 Å². The molecule has 1 aromatic carbocycles. The molecule has 0 fully saturated rings. The summed E-state index contributed by atoms with van der Waals surface area (Å²) < 4.78 is 2.00. The third-order valence-corrected chi connectivity index (χ3v) is 4.58. The molecule has 0 bridgehead atoms. The largest absolute Gasteiger partial charge is 0.305 e. The fourth-order valence-electron chi connectivity index (χ4n) is 2.29. The molecule has 0 radical (unpaired) electrons. The van der Waals surface area contributed by atoms with E-state index in [0.29, 0.717) is 0 Å². The highest BCUT2D eigenvalue weighted by atomic mass is 32.2. The van der Waals surface area contributed by atoms with E-state index in [-0.39, 0.29) is 5.41 Å². The van der Waals surface area contributed by atoms with Crippen LogP contribution in [0.3, 0.4) is 0 Å². The van der Waals surface area contributed by atoms with Gasteiger partial charge in [0.25, 0.3) is 0 Å². The molecule has 0 aliphatic carbocycles. The summed E-state index contributed by atoms with van der Waals surface area (Å²) in [6.45, 7) is 8.39. The molecule has 0 atom stereocenters. The maximum absolute atomic E-state index is 4.65. The first-order valence-corrected chi connectivity index (χ1v) is 8.64. The normalized spacial score (nSPS) is 11.7. The predicted octanol–water partition coefficient (Wildman–Crippen LogP) is 4.03. The fraction of sp³-hybridized carbons (Fsp3) is 0.333. The van der Waals surface area contributed by atoms with Crippen LogP contribution in [-0.4, -0.2) is 24.7 Å². The maximum atomic E-state index is 4.65. The lowest BCUT2D eigenvalue weighted by atomic mass is 9.96. The Labute approximate surface area is 146 Å². The average Bonchev–Trinajstić information content (AvgIpc) is 2.88. The van der Waals surface area contributed by atoms with Crippen LogP contribution in [0.15, 0.2) is 46.7 Å². The molecule has 3 aromatic rings. The zero-order valence-electron chi connectivity index (χ0n) is 14.6. The van der Waals surface area contributed by atoms with E-state index in [1.165, 1.54) is 17.3 Å². The predicted molar refractivity (Wildman–Crippen MR) is 96.0 cm³/mol. The second-order valence-corrected chi connectivity index (χ2v) is 7.79. The first kappa shape index (κ1) is 16.6. The van der Waals surface area contributed by atoms with Crippen LogP contribution in [0.2, 0.25) is 0 Å². The van der Waals surface area contributed by atoms with Gasteiger partial charge in [-0.05, 0) is 30.8 Å². The van der Waals surface area contributed by atoms with Crippen LogP contribution in [0.4, 0.5) is 0 Å². The van der Waals surface area contributed by atoms with E-state index in [1.807, 2.05) is 29.8 Å². The van der Waals surface area contributed by atoms with Gasteiger partial charge in [0.15, 0.2) is 11.0 Å². The van der Waals surface area contributed by atoms with E-state index in [1.54, 1.807) is 6.20 Å². The lowest BCUT2D eigenvalue weighted by Gasteiger charge is -2.16. The summed E-state index contributed by atoms with van der Waals surface area (Å²) in [6, 6.07) is 10.2. The quantitative estimate of drug-likeness (QED) is 0.674. The molecule has 0 saturated carbocycles. The van der Waals surface area contributed by atoms with Crippen molar-refractivity contribution in [3.05, 3.63) is 47.9 Å². The Hall–Kier alpha value is -2.21. The minimum atomic E-state index is -0.0802. The van der Waals surface area contributed by atoms with Crippen molar-refractivity contribution in [2.24, 2.45) is 7.05 Å². The van der Waals surface area contributed by atoms with Crippen LogP contribution in [0, 0.1) is 6.92 Å². The van der Waals surface area contributed by atoms with Gasteiger partial charge in [0.1, 0.15) is 10.9 Å². The molecule has 6 heteroatoms. The molecule has 3 rings (SSSR count). The van der Waals surface area contributed by atoms with E-state index in [4.69, 9.17) is 0 Å². The molecule has 0 unspecified atom stereocenters. The van der Waals surface area contributed by atoms with E-state index in [9.17, 15) is 0 Å². The van der Waals surface area contributed by atoms with Gasteiger partial charge in [-0.1, -0.05) is 44.5 Å². The smallest absolute Gasteiger partial charge is 0.197 e. The Balaban J connectivity index is 1.90. The van der Waals surface area contributed by atoms with Gasteiger partial charge in [-0.3, -0.25) is 0 Å². The summed E-state index contributed by atoms with van der Waals surface area (Å²) in [5.41, 5.74) is 2.19. The van der Waals surface area contributed by atoms with Gasteiger partial charge in [-0.2, -0.15) is 0 Å². The van der Waals surface area contributed by atoms with Crippen molar-refractivity contribution in [1.82, 2.24) is 24.7 Å². The summed E-state index contributed by atoms with van der Waals surface area (Å²) in [6.07, 6.45) is 1.80. The second kappa shape index (κ2) is 6.36. The van der Waals surface area contributed by atoms with E-state index in [2.05, 4.69) is 60.0 Å². The van der Waals surface area contributed by atoms with Crippen molar-refractivity contribution in [3.8, 4) is 11.4 Å². The summed E-state index contributed by atoms with van der Waals surface area (Å²) in [5.74, 6) is 1.68. The molecule has 5 nitrogen and oxygen atoms in total. The van der Waals surface area contributed by atoms with Crippen LogP contribution in [-0.2, 0) is 12.5 Å². The first-order chi connectivity index (χ1) is 11.3.